The van der Waals surface area contributed by atoms with Gasteiger partial charge in [0.25, 0.3) is 0 Å². The third-order valence-electron chi connectivity index (χ3n) is 2.03. The minimum absolute atomic E-state index is 0. The SMILES string of the molecule is CC[C-](C)C(=O)OCC(=O)OCC(F)(F)C(F)(F)F.[Rb+]. The number of carbonyl (C=O) groups is 2. The van der Waals surface area contributed by atoms with Crippen molar-refractivity contribution in [2.45, 2.75) is 32.4 Å². The van der Waals surface area contributed by atoms with Crippen molar-refractivity contribution in [2.75, 3.05) is 13.2 Å². The molecule has 112 valence electrons. The fourth-order valence-electron chi connectivity index (χ4n) is 0.687. The van der Waals surface area contributed by atoms with Gasteiger partial charge in [0.2, 0.25) is 0 Å². The zero-order valence-corrected chi connectivity index (χ0v) is 16.1. The van der Waals surface area contributed by atoms with E-state index in [-0.39, 0.29) is 64.1 Å². The Bertz CT molecular complexity index is 332. The monoisotopic (exact) mass is 376 g/mol. The summed E-state index contributed by atoms with van der Waals surface area (Å²) in [4.78, 5) is 21.9. The van der Waals surface area contributed by atoms with Gasteiger partial charge in [0.15, 0.2) is 19.2 Å². The number of hydrogen-bond donors (Lipinski definition) is 0. The minimum Gasteiger partial charge on any atom is -0.476 e. The second-order valence-electron chi connectivity index (χ2n) is 3.57. The number of rotatable bonds is 6. The molecule has 0 aromatic carbocycles. The summed E-state index contributed by atoms with van der Waals surface area (Å²) in [7, 11) is 0. The van der Waals surface area contributed by atoms with Crippen molar-refractivity contribution >= 4 is 11.9 Å². The van der Waals surface area contributed by atoms with Gasteiger partial charge >= 0.3 is 76.3 Å². The summed E-state index contributed by atoms with van der Waals surface area (Å²) in [6.45, 7) is -0.113. The predicted molar refractivity (Wildman–Crippen MR) is 52.1 cm³/mol. The van der Waals surface area contributed by atoms with E-state index in [1.165, 1.54) is 6.92 Å². The van der Waals surface area contributed by atoms with Crippen LogP contribution in [0.5, 0.6) is 0 Å². The van der Waals surface area contributed by atoms with E-state index in [1.54, 1.807) is 6.92 Å². The van der Waals surface area contributed by atoms with Crippen LogP contribution in [0.1, 0.15) is 20.3 Å². The molecule has 0 radical (unpaired) electrons. The van der Waals surface area contributed by atoms with E-state index in [1.807, 2.05) is 0 Å². The molecular weight excluding hydrogens is 365 g/mol. The van der Waals surface area contributed by atoms with E-state index in [9.17, 15) is 31.5 Å². The summed E-state index contributed by atoms with van der Waals surface area (Å²) in [6, 6.07) is 0. The Balaban J connectivity index is 0. The molecular formula is C10H12F5O4Rb. The standard InChI is InChI=1S/C10H12F5O4.Rb/c1-3-6(2)8(17)18-4-7(16)19-5-9(11,12)10(13,14)15;/h3-5H2,1-2H3;/q-1;+1. The maximum Gasteiger partial charge on any atom is 1.00 e. The van der Waals surface area contributed by atoms with Gasteiger partial charge in [-0.1, -0.05) is 6.92 Å². The van der Waals surface area contributed by atoms with E-state index >= 15 is 0 Å². The van der Waals surface area contributed by atoms with Crippen molar-refractivity contribution < 1.29 is 99.2 Å². The molecule has 0 heterocycles. The molecule has 4 nitrogen and oxygen atoms in total. The first-order chi connectivity index (χ1) is 8.51. The van der Waals surface area contributed by atoms with Crippen LogP contribution in [-0.4, -0.2) is 37.3 Å². The van der Waals surface area contributed by atoms with E-state index in [0.717, 1.165) is 0 Å². The van der Waals surface area contributed by atoms with Gasteiger partial charge in [-0.05, 0) is 0 Å². The van der Waals surface area contributed by atoms with Crippen LogP contribution < -0.4 is 58.2 Å². The molecule has 0 bridgehead atoms. The molecule has 0 amide bonds. The fourth-order valence-corrected chi connectivity index (χ4v) is 0.687. The van der Waals surface area contributed by atoms with Gasteiger partial charge in [0.05, 0.1) is 0 Å². The van der Waals surface area contributed by atoms with Gasteiger partial charge in [0, 0.05) is 0 Å². The fraction of sp³-hybridized carbons (Fsp3) is 0.700. The zero-order valence-electron chi connectivity index (χ0n) is 11.1. The van der Waals surface area contributed by atoms with Crippen LogP contribution in [0.3, 0.4) is 0 Å². The molecule has 0 aromatic heterocycles. The van der Waals surface area contributed by atoms with Crippen molar-refractivity contribution in [1.29, 1.82) is 0 Å². The molecule has 0 aromatic rings. The Labute approximate surface area is 161 Å². The van der Waals surface area contributed by atoms with Gasteiger partial charge in [0.1, 0.15) is 0 Å². The molecule has 0 fully saturated rings. The van der Waals surface area contributed by atoms with Gasteiger partial charge in [-0.15, -0.1) is 0 Å². The van der Waals surface area contributed by atoms with Crippen LogP contribution in [0.4, 0.5) is 22.0 Å². The van der Waals surface area contributed by atoms with Crippen molar-refractivity contribution in [3.63, 3.8) is 0 Å². The normalized spacial score (nSPS) is 11.3. The molecule has 0 aliphatic carbocycles. The van der Waals surface area contributed by atoms with Crippen molar-refractivity contribution in [1.82, 2.24) is 0 Å². The number of alkyl halides is 5. The Hall–Kier alpha value is 0.265. The van der Waals surface area contributed by atoms with Gasteiger partial charge < -0.3 is 9.47 Å². The molecule has 10 heteroatoms. The number of halogens is 5. The molecule has 0 N–H and O–H groups in total. The molecule has 0 spiro atoms. The molecule has 0 saturated heterocycles. The van der Waals surface area contributed by atoms with E-state index in [4.69, 9.17) is 0 Å². The molecule has 0 aliphatic heterocycles. The quantitative estimate of drug-likeness (QED) is 0.349. The summed E-state index contributed by atoms with van der Waals surface area (Å²) < 4.78 is 67.9. The summed E-state index contributed by atoms with van der Waals surface area (Å²) >= 11 is 0. The van der Waals surface area contributed by atoms with Crippen LogP contribution in [-0.2, 0) is 19.1 Å². The van der Waals surface area contributed by atoms with Gasteiger partial charge in [-0.3, -0.25) is 10.7 Å². The third kappa shape index (κ3) is 7.89. The molecule has 0 atom stereocenters. The zero-order chi connectivity index (χ0) is 15.3. The minimum atomic E-state index is -5.81. The first-order valence-corrected chi connectivity index (χ1v) is 5.11. The topological polar surface area (TPSA) is 52.6 Å². The number of ether oxygens (including phenoxy) is 2. The largest absolute Gasteiger partial charge is 1.00 e. The smallest absolute Gasteiger partial charge is 0.476 e. The van der Waals surface area contributed by atoms with E-state index < -0.39 is 37.3 Å². The second-order valence-corrected chi connectivity index (χ2v) is 3.57. The summed E-state index contributed by atoms with van der Waals surface area (Å²) in [5, 5.41) is 0. The third-order valence-corrected chi connectivity index (χ3v) is 2.03. The molecule has 0 unspecified atom stereocenters. The average molecular weight is 377 g/mol. The summed E-state index contributed by atoms with van der Waals surface area (Å²) in [5.41, 5.74) is 0. The van der Waals surface area contributed by atoms with Crippen LogP contribution in [0.15, 0.2) is 0 Å². The Kier molecular flexibility index (Phi) is 10.5. The van der Waals surface area contributed by atoms with E-state index in [0.29, 0.717) is 6.42 Å². The number of carbonyl (C=O) groups excluding carboxylic acids is 2. The first-order valence-electron chi connectivity index (χ1n) is 5.11. The van der Waals surface area contributed by atoms with Crippen LogP contribution >= 0.6 is 0 Å². The van der Waals surface area contributed by atoms with Crippen LogP contribution in [0, 0.1) is 5.92 Å². The maximum atomic E-state index is 12.4. The van der Waals surface area contributed by atoms with Crippen molar-refractivity contribution in [3.8, 4) is 0 Å². The van der Waals surface area contributed by atoms with Gasteiger partial charge in [-0.2, -0.15) is 35.3 Å². The summed E-state index contributed by atoms with van der Waals surface area (Å²) in [6.07, 6.45) is -5.46. The predicted octanol–water partition coefficient (Wildman–Crippen LogP) is -0.721. The Morgan fingerprint density at radius 1 is 1.10 bits per heavy atom. The van der Waals surface area contributed by atoms with Crippen LogP contribution in [0.25, 0.3) is 0 Å². The number of hydrogen-bond acceptors (Lipinski definition) is 4. The van der Waals surface area contributed by atoms with Gasteiger partial charge in [-0.25, -0.2) is 4.79 Å². The summed E-state index contributed by atoms with van der Waals surface area (Å²) in [5.74, 6) is -7.20. The van der Waals surface area contributed by atoms with Crippen molar-refractivity contribution in [3.05, 3.63) is 5.92 Å². The van der Waals surface area contributed by atoms with Crippen molar-refractivity contribution in [2.24, 2.45) is 0 Å². The average Bonchev–Trinajstić information content (AvgIpc) is 2.30. The van der Waals surface area contributed by atoms with Crippen LogP contribution in [0.2, 0.25) is 0 Å². The first kappa shape index (κ1) is 22.5. The Morgan fingerprint density at radius 2 is 1.60 bits per heavy atom. The molecule has 0 aliphatic rings. The number of esters is 2. The van der Waals surface area contributed by atoms with E-state index in [2.05, 4.69) is 9.47 Å². The maximum absolute atomic E-state index is 12.4. The molecule has 0 rings (SSSR count). The Morgan fingerprint density at radius 3 is 2.00 bits per heavy atom. The molecule has 20 heavy (non-hydrogen) atoms. The second kappa shape index (κ2) is 9.32. The molecule has 0 saturated carbocycles.